The number of hydrogen-bond acceptors (Lipinski definition) is 4. The Balaban J connectivity index is 1.42. The van der Waals surface area contributed by atoms with E-state index in [0.29, 0.717) is 13.1 Å². The second kappa shape index (κ2) is 6.88. The number of rotatable bonds is 4. The maximum Gasteiger partial charge on any atom is 0.234 e. The molecule has 0 bridgehead atoms. The third kappa shape index (κ3) is 3.20. The van der Waals surface area contributed by atoms with Gasteiger partial charge in [0.1, 0.15) is 11.6 Å². The molecule has 0 fully saturated rings. The van der Waals surface area contributed by atoms with Crippen molar-refractivity contribution in [1.29, 1.82) is 0 Å². The van der Waals surface area contributed by atoms with E-state index in [1.54, 1.807) is 0 Å². The highest BCUT2D eigenvalue weighted by atomic mass is 16.2. The average Bonchev–Trinajstić information content (AvgIpc) is 3.01. The minimum absolute atomic E-state index is 0.0371. The van der Waals surface area contributed by atoms with Crippen molar-refractivity contribution in [3.63, 3.8) is 0 Å². The Morgan fingerprint density at radius 2 is 1.96 bits per heavy atom. The van der Waals surface area contributed by atoms with Gasteiger partial charge in [-0.05, 0) is 30.2 Å². The van der Waals surface area contributed by atoms with E-state index in [4.69, 9.17) is 0 Å². The van der Waals surface area contributed by atoms with Crippen LogP contribution in [0.3, 0.4) is 0 Å². The molecule has 0 spiro atoms. The summed E-state index contributed by atoms with van der Waals surface area (Å²) in [5.41, 5.74) is 1.14. The Kier molecular flexibility index (Phi) is 4.42. The zero-order valence-electron chi connectivity index (χ0n) is 15.1. The molecule has 0 radical (unpaired) electrons. The highest BCUT2D eigenvalue weighted by molar-refractivity contribution is 5.87. The molecule has 2 heterocycles. The maximum atomic E-state index is 12.6. The highest BCUT2D eigenvalue weighted by Gasteiger charge is 2.22. The van der Waals surface area contributed by atoms with Crippen LogP contribution in [0.15, 0.2) is 42.5 Å². The van der Waals surface area contributed by atoms with Crippen LogP contribution in [0.1, 0.15) is 30.2 Å². The SMILES string of the molecule is Cc1nnc2n1CCN(CC(=O)N[C@@H](C)c1cccc3ccccc13)C2. The van der Waals surface area contributed by atoms with Crippen LogP contribution in [0, 0.1) is 6.92 Å². The lowest BCUT2D eigenvalue weighted by Gasteiger charge is -2.27. The topological polar surface area (TPSA) is 63.1 Å². The molecule has 0 aliphatic carbocycles. The summed E-state index contributed by atoms with van der Waals surface area (Å²) in [5, 5.41) is 13.8. The van der Waals surface area contributed by atoms with Gasteiger partial charge in [-0.3, -0.25) is 9.69 Å². The molecule has 0 unspecified atom stereocenters. The lowest BCUT2D eigenvalue weighted by Crippen LogP contribution is -2.42. The van der Waals surface area contributed by atoms with E-state index in [1.165, 1.54) is 10.8 Å². The van der Waals surface area contributed by atoms with Gasteiger partial charge in [-0.25, -0.2) is 0 Å². The fraction of sp³-hybridized carbons (Fsp3) is 0.350. The molecule has 6 nitrogen and oxygen atoms in total. The van der Waals surface area contributed by atoms with Crippen LogP contribution in [-0.2, 0) is 17.9 Å². The molecular weight excluding hydrogens is 326 g/mol. The molecule has 2 aromatic carbocycles. The van der Waals surface area contributed by atoms with Crippen molar-refractivity contribution >= 4 is 16.7 Å². The summed E-state index contributed by atoms with van der Waals surface area (Å²) in [5.74, 6) is 1.91. The van der Waals surface area contributed by atoms with Crippen molar-refractivity contribution in [1.82, 2.24) is 25.0 Å². The molecule has 26 heavy (non-hydrogen) atoms. The summed E-state index contributed by atoms with van der Waals surface area (Å²) >= 11 is 0. The molecule has 3 aromatic rings. The fourth-order valence-corrected chi connectivity index (χ4v) is 3.68. The Bertz CT molecular complexity index is 943. The number of hydrogen-bond donors (Lipinski definition) is 1. The predicted molar refractivity (Wildman–Crippen MR) is 101 cm³/mol. The molecule has 134 valence electrons. The van der Waals surface area contributed by atoms with E-state index in [2.05, 4.69) is 49.2 Å². The Morgan fingerprint density at radius 3 is 2.85 bits per heavy atom. The number of carbonyl (C=O) groups is 1. The van der Waals surface area contributed by atoms with E-state index < -0.39 is 0 Å². The van der Waals surface area contributed by atoms with Gasteiger partial charge in [-0.15, -0.1) is 10.2 Å². The van der Waals surface area contributed by atoms with Crippen molar-refractivity contribution in [3.05, 3.63) is 59.7 Å². The van der Waals surface area contributed by atoms with Gasteiger partial charge in [-0.1, -0.05) is 42.5 Å². The van der Waals surface area contributed by atoms with Crippen molar-refractivity contribution in [2.45, 2.75) is 33.0 Å². The number of aryl methyl sites for hydroxylation is 1. The third-order valence-corrected chi connectivity index (χ3v) is 5.05. The van der Waals surface area contributed by atoms with Crippen molar-refractivity contribution in [2.75, 3.05) is 13.1 Å². The van der Waals surface area contributed by atoms with Gasteiger partial charge in [-0.2, -0.15) is 0 Å². The molecule has 1 N–H and O–H groups in total. The summed E-state index contributed by atoms with van der Waals surface area (Å²) in [7, 11) is 0. The second-order valence-electron chi connectivity index (χ2n) is 6.88. The fourth-order valence-electron chi connectivity index (χ4n) is 3.68. The first-order valence-corrected chi connectivity index (χ1v) is 9.00. The lowest BCUT2D eigenvalue weighted by atomic mass is 10.00. The first kappa shape index (κ1) is 16.7. The van der Waals surface area contributed by atoms with E-state index in [9.17, 15) is 4.79 Å². The Labute approximate surface area is 152 Å². The van der Waals surface area contributed by atoms with Gasteiger partial charge in [0, 0.05) is 13.1 Å². The number of benzene rings is 2. The summed E-state index contributed by atoms with van der Waals surface area (Å²) in [4.78, 5) is 14.7. The zero-order valence-corrected chi connectivity index (χ0v) is 15.1. The smallest absolute Gasteiger partial charge is 0.234 e. The molecular formula is C20H23N5O. The molecule has 1 aromatic heterocycles. The van der Waals surface area contributed by atoms with Gasteiger partial charge < -0.3 is 9.88 Å². The molecule has 6 heteroatoms. The van der Waals surface area contributed by atoms with E-state index in [0.717, 1.165) is 30.3 Å². The van der Waals surface area contributed by atoms with Crippen LogP contribution >= 0.6 is 0 Å². The van der Waals surface area contributed by atoms with Crippen molar-refractivity contribution in [3.8, 4) is 0 Å². The molecule has 0 saturated heterocycles. The maximum absolute atomic E-state index is 12.6. The largest absolute Gasteiger partial charge is 0.348 e. The first-order chi connectivity index (χ1) is 12.6. The van der Waals surface area contributed by atoms with Crippen LogP contribution in [0.4, 0.5) is 0 Å². The van der Waals surface area contributed by atoms with Crippen LogP contribution in [0.2, 0.25) is 0 Å². The van der Waals surface area contributed by atoms with Gasteiger partial charge in [0.15, 0.2) is 0 Å². The normalized spacial score (nSPS) is 15.6. The summed E-state index contributed by atoms with van der Waals surface area (Å²) in [6.07, 6.45) is 0. The number of carbonyl (C=O) groups excluding carboxylic acids is 1. The third-order valence-electron chi connectivity index (χ3n) is 5.05. The van der Waals surface area contributed by atoms with Gasteiger partial charge >= 0.3 is 0 Å². The molecule has 1 atom stereocenters. The van der Waals surface area contributed by atoms with Crippen molar-refractivity contribution < 1.29 is 4.79 Å². The number of nitrogens with zero attached hydrogens (tertiary/aromatic N) is 4. The van der Waals surface area contributed by atoms with Crippen LogP contribution in [0.5, 0.6) is 0 Å². The van der Waals surface area contributed by atoms with Crippen LogP contribution < -0.4 is 5.32 Å². The van der Waals surface area contributed by atoms with Gasteiger partial charge in [0.25, 0.3) is 0 Å². The minimum atomic E-state index is -0.0377. The Hall–Kier alpha value is -2.73. The predicted octanol–water partition coefficient (Wildman–Crippen LogP) is 2.43. The van der Waals surface area contributed by atoms with Crippen molar-refractivity contribution in [2.24, 2.45) is 0 Å². The first-order valence-electron chi connectivity index (χ1n) is 9.00. The number of aromatic nitrogens is 3. The van der Waals surface area contributed by atoms with E-state index in [-0.39, 0.29) is 11.9 Å². The highest BCUT2D eigenvalue weighted by Crippen LogP contribution is 2.24. The molecule has 1 aliphatic heterocycles. The summed E-state index contributed by atoms with van der Waals surface area (Å²) in [6.45, 7) is 6.71. The molecule has 1 amide bonds. The molecule has 1 aliphatic rings. The standard InChI is InChI=1S/C20H23N5O/c1-14(17-9-5-7-16-6-3-4-8-18(16)17)21-20(26)13-24-10-11-25-15(2)22-23-19(25)12-24/h3-9,14H,10-13H2,1-2H3,(H,21,26)/t14-/m0/s1. The average molecular weight is 349 g/mol. The monoisotopic (exact) mass is 349 g/mol. The minimum Gasteiger partial charge on any atom is -0.348 e. The zero-order chi connectivity index (χ0) is 18.1. The van der Waals surface area contributed by atoms with E-state index >= 15 is 0 Å². The summed E-state index contributed by atoms with van der Waals surface area (Å²) < 4.78 is 2.12. The van der Waals surface area contributed by atoms with Gasteiger partial charge in [0.05, 0.1) is 19.1 Å². The molecule has 0 saturated carbocycles. The van der Waals surface area contributed by atoms with Crippen LogP contribution in [-0.4, -0.2) is 38.7 Å². The molecule has 4 rings (SSSR count). The quantitative estimate of drug-likeness (QED) is 0.786. The lowest BCUT2D eigenvalue weighted by molar-refractivity contribution is -0.123. The Morgan fingerprint density at radius 1 is 1.15 bits per heavy atom. The summed E-state index contributed by atoms with van der Waals surface area (Å²) in [6, 6.07) is 14.5. The number of fused-ring (bicyclic) bond motifs is 2. The number of amides is 1. The van der Waals surface area contributed by atoms with Gasteiger partial charge in [0.2, 0.25) is 5.91 Å². The van der Waals surface area contributed by atoms with E-state index in [1.807, 2.05) is 32.0 Å². The number of nitrogens with one attached hydrogen (secondary N) is 1. The van der Waals surface area contributed by atoms with Crippen LogP contribution in [0.25, 0.3) is 10.8 Å². The second-order valence-corrected chi connectivity index (χ2v) is 6.88.